The first kappa shape index (κ1) is 29.6. The van der Waals surface area contributed by atoms with Gasteiger partial charge in [-0.15, -0.1) is 0 Å². The van der Waals surface area contributed by atoms with Gasteiger partial charge < -0.3 is 19.3 Å². The number of unbranched alkanes of at least 4 members (excludes halogenated alkanes) is 10. The molecular formula is C25H38ClNO7. The molecule has 1 aromatic carbocycles. The summed E-state index contributed by atoms with van der Waals surface area (Å²) in [5, 5.41) is 11.6. The molecule has 1 amide bonds. The lowest BCUT2D eigenvalue weighted by Crippen LogP contribution is -2.17. The lowest BCUT2D eigenvalue weighted by Gasteiger charge is -2.14. The maximum absolute atomic E-state index is 12.1. The molecule has 1 rings (SSSR count). The van der Waals surface area contributed by atoms with Gasteiger partial charge >= 0.3 is 18.2 Å². The third-order valence-corrected chi connectivity index (χ3v) is 5.57. The first-order valence-corrected chi connectivity index (χ1v) is 12.6. The van der Waals surface area contributed by atoms with Crippen LogP contribution in [-0.4, -0.2) is 36.5 Å². The first-order valence-electron chi connectivity index (χ1n) is 12.2. The summed E-state index contributed by atoms with van der Waals surface area (Å²) in [6, 6.07) is 2.50. The van der Waals surface area contributed by atoms with E-state index in [0.717, 1.165) is 44.9 Å². The average molecular weight is 500 g/mol. The fourth-order valence-electron chi connectivity index (χ4n) is 3.26. The summed E-state index contributed by atoms with van der Waals surface area (Å²) in [7, 11) is 0. The van der Waals surface area contributed by atoms with Crippen molar-refractivity contribution in [2.45, 2.75) is 90.9 Å². The van der Waals surface area contributed by atoms with Crippen molar-refractivity contribution in [3.8, 4) is 5.75 Å². The normalized spacial score (nSPS) is 10.6. The van der Waals surface area contributed by atoms with Crippen molar-refractivity contribution in [1.29, 1.82) is 0 Å². The van der Waals surface area contributed by atoms with Crippen molar-refractivity contribution in [3.05, 3.63) is 22.7 Å². The van der Waals surface area contributed by atoms with E-state index in [1.54, 1.807) is 0 Å². The number of carboxylic acids is 1. The Morgan fingerprint density at radius 1 is 0.824 bits per heavy atom. The van der Waals surface area contributed by atoms with Crippen LogP contribution >= 0.6 is 11.6 Å². The van der Waals surface area contributed by atoms with Gasteiger partial charge in [0.05, 0.1) is 18.9 Å². The van der Waals surface area contributed by atoms with Crippen LogP contribution in [0.2, 0.25) is 5.02 Å². The Kier molecular flexibility index (Phi) is 15.6. The molecule has 0 unspecified atom stereocenters. The number of benzene rings is 1. The van der Waals surface area contributed by atoms with E-state index in [1.807, 2.05) is 0 Å². The van der Waals surface area contributed by atoms with Crippen LogP contribution in [0.15, 0.2) is 12.1 Å². The summed E-state index contributed by atoms with van der Waals surface area (Å²) < 4.78 is 15.3. The van der Waals surface area contributed by atoms with Crippen LogP contribution in [0.1, 0.15) is 101 Å². The molecule has 192 valence electrons. The van der Waals surface area contributed by atoms with Gasteiger partial charge in [-0.3, -0.25) is 5.32 Å². The predicted molar refractivity (Wildman–Crippen MR) is 132 cm³/mol. The van der Waals surface area contributed by atoms with Crippen LogP contribution in [0.5, 0.6) is 5.75 Å². The molecule has 0 spiro atoms. The number of ether oxygens (including phenoxy) is 3. The summed E-state index contributed by atoms with van der Waals surface area (Å²) in [5.74, 6) is -1.73. The molecule has 9 heteroatoms. The lowest BCUT2D eigenvalue weighted by atomic mass is 10.1. The van der Waals surface area contributed by atoms with E-state index in [2.05, 4.69) is 19.2 Å². The summed E-state index contributed by atoms with van der Waals surface area (Å²) in [4.78, 5) is 35.7. The van der Waals surface area contributed by atoms with Crippen LogP contribution in [0.3, 0.4) is 0 Å². The highest BCUT2D eigenvalue weighted by Crippen LogP contribution is 2.36. The van der Waals surface area contributed by atoms with Crippen molar-refractivity contribution in [3.63, 3.8) is 0 Å². The molecule has 1 aromatic rings. The zero-order valence-electron chi connectivity index (χ0n) is 20.3. The van der Waals surface area contributed by atoms with E-state index < -0.39 is 24.0 Å². The van der Waals surface area contributed by atoms with Crippen molar-refractivity contribution >= 4 is 35.5 Å². The van der Waals surface area contributed by atoms with E-state index in [0.29, 0.717) is 6.42 Å². The number of nitrogens with one attached hydrogen (secondary N) is 1. The summed E-state index contributed by atoms with van der Waals surface area (Å²) in [6.07, 6.45) is 10.7. The van der Waals surface area contributed by atoms with Crippen LogP contribution in [-0.2, 0) is 9.47 Å². The monoisotopic (exact) mass is 499 g/mol. The zero-order chi connectivity index (χ0) is 25.2. The number of carbonyl (C=O) groups excluding carboxylic acids is 2. The topological polar surface area (TPSA) is 111 Å². The highest BCUT2D eigenvalue weighted by atomic mass is 35.5. The molecule has 0 aromatic heterocycles. The SMILES string of the molecule is CCCCCCCCOC(=O)Nc1ccc(C(=O)O)c(OC(=O)OCCCCCCCC)c1Cl. The molecular weight excluding hydrogens is 462 g/mol. The molecule has 2 N–H and O–H groups in total. The van der Waals surface area contributed by atoms with Crippen LogP contribution in [0.4, 0.5) is 15.3 Å². The van der Waals surface area contributed by atoms with E-state index in [-0.39, 0.29) is 29.5 Å². The van der Waals surface area contributed by atoms with E-state index in [4.69, 9.17) is 25.8 Å². The second-order valence-corrected chi connectivity index (χ2v) is 8.48. The number of aromatic carboxylic acids is 1. The van der Waals surface area contributed by atoms with Gasteiger partial charge in [-0.1, -0.05) is 89.7 Å². The molecule has 0 atom stereocenters. The third-order valence-electron chi connectivity index (χ3n) is 5.20. The fraction of sp³-hybridized carbons (Fsp3) is 0.640. The lowest BCUT2D eigenvalue weighted by molar-refractivity contribution is 0.0689. The second kappa shape index (κ2) is 17.9. The quantitative estimate of drug-likeness (QED) is 0.127. The standard InChI is InChI=1S/C25H38ClNO7/c1-3-5-7-9-11-13-17-32-24(30)27-20-16-15-19(23(28)29)22(21(20)26)34-25(31)33-18-14-12-10-8-6-4-2/h15-16H,3-14,17-18H2,1-2H3,(H,27,30)(H,28,29). The zero-order valence-corrected chi connectivity index (χ0v) is 21.1. The predicted octanol–water partition coefficient (Wildman–Crippen LogP) is 7.82. The first-order chi connectivity index (χ1) is 16.4. The van der Waals surface area contributed by atoms with Gasteiger partial charge in [-0.2, -0.15) is 0 Å². The highest BCUT2D eigenvalue weighted by molar-refractivity contribution is 6.35. The molecule has 0 saturated carbocycles. The Hall–Kier alpha value is -2.48. The summed E-state index contributed by atoms with van der Waals surface area (Å²) in [5.41, 5.74) is -0.258. The molecule has 0 aliphatic carbocycles. The Bertz CT molecular complexity index is 770. The van der Waals surface area contributed by atoms with Gasteiger partial charge in [0.1, 0.15) is 10.6 Å². The van der Waals surface area contributed by atoms with Gasteiger partial charge in [-0.25, -0.2) is 14.4 Å². The molecule has 8 nitrogen and oxygen atoms in total. The van der Waals surface area contributed by atoms with E-state index in [1.165, 1.54) is 37.8 Å². The molecule has 0 aliphatic rings. The molecule has 0 saturated heterocycles. The molecule has 34 heavy (non-hydrogen) atoms. The maximum Gasteiger partial charge on any atom is 0.513 e. The number of carboxylic acid groups (broad SMARTS) is 1. The maximum atomic E-state index is 12.1. The third kappa shape index (κ3) is 12.1. The Labute approximate surface area is 207 Å². The minimum absolute atomic E-state index is 0.0679. The second-order valence-electron chi connectivity index (χ2n) is 8.11. The minimum atomic E-state index is -1.34. The van der Waals surface area contributed by atoms with Crippen molar-refractivity contribution in [2.75, 3.05) is 18.5 Å². The molecule has 0 heterocycles. The summed E-state index contributed by atoms with van der Waals surface area (Å²) in [6.45, 7) is 4.71. The average Bonchev–Trinajstić information content (AvgIpc) is 2.80. The van der Waals surface area contributed by atoms with E-state index >= 15 is 0 Å². The summed E-state index contributed by atoms with van der Waals surface area (Å²) >= 11 is 6.24. The fourth-order valence-corrected chi connectivity index (χ4v) is 3.52. The van der Waals surface area contributed by atoms with Gasteiger partial charge in [0, 0.05) is 0 Å². The number of rotatable bonds is 17. The number of hydrogen-bond acceptors (Lipinski definition) is 6. The van der Waals surface area contributed by atoms with Crippen LogP contribution in [0.25, 0.3) is 0 Å². The Morgan fingerprint density at radius 2 is 1.35 bits per heavy atom. The number of halogens is 1. The van der Waals surface area contributed by atoms with E-state index in [9.17, 15) is 19.5 Å². The van der Waals surface area contributed by atoms with Gasteiger partial charge in [0.25, 0.3) is 0 Å². The smallest absolute Gasteiger partial charge is 0.478 e. The number of amides is 1. The van der Waals surface area contributed by atoms with Gasteiger partial charge in [0.2, 0.25) is 0 Å². The van der Waals surface area contributed by atoms with Crippen LogP contribution < -0.4 is 10.1 Å². The number of carbonyl (C=O) groups is 3. The molecule has 0 aliphatic heterocycles. The molecule has 0 radical (unpaired) electrons. The highest BCUT2D eigenvalue weighted by Gasteiger charge is 2.22. The van der Waals surface area contributed by atoms with Crippen molar-refractivity contribution in [1.82, 2.24) is 0 Å². The number of hydrogen-bond donors (Lipinski definition) is 2. The van der Waals surface area contributed by atoms with Crippen LogP contribution in [0, 0.1) is 0 Å². The number of anilines is 1. The van der Waals surface area contributed by atoms with Crippen molar-refractivity contribution < 1.29 is 33.7 Å². The van der Waals surface area contributed by atoms with Crippen molar-refractivity contribution in [2.24, 2.45) is 0 Å². The Balaban J connectivity index is 2.59. The van der Waals surface area contributed by atoms with Gasteiger partial charge in [0.15, 0.2) is 5.75 Å². The minimum Gasteiger partial charge on any atom is -0.478 e. The Morgan fingerprint density at radius 3 is 1.91 bits per heavy atom. The molecule has 0 bridgehead atoms. The largest absolute Gasteiger partial charge is 0.513 e. The van der Waals surface area contributed by atoms with Gasteiger partial charge in [-0.05, 0) is 25.0 Å². The molecule has 0 fully saturated rings.